The van der Waals surface area contributed by atoms with Crippen molar-refractivity contribution in [1.29, 1.82) is 0 Å². The van der Waals surface area contributed by atoms with Crippen LogP contribution in [0.5, 0.6) is 0 Å². The highest BCUT2D eigenvalue weighted by atomic mass is 79.9. The third-order valence-electron chi connectivity index (χ3n) is 4.07. The monoisotopic (exact) mass is 333 g/mol. The van der Waals surface area contributed by atoms with E-state index in [0.29, 0.717) is 6.04 Å². The number of rotatable bonds is 4. The molecule has 0 unspecified atom stereocenters. The van der Waals surface area contributed by atoms with E-state index in [-0.39, 0.29) is 0 Å². The molecule has 0 atom stereocenters. The van der Waals surface area contributed by atoms with E-state index in [1.54, 1.807) is 0 Å². The minimum absolute atomic E-state index is 0.600. The number of benzene rings is 1. The standard InChI is InChI=1S/C16H20BrN3/c17-10-11-20(14-7-2-1-3-8-14)16-18-12-13-6-4-5-9-15(13)19-16/h4-6,9,12,14H,1-3,7-8,10-11H2. The van der Waals surface area contributed by atoms with Crippen molar-refractivity contribution in [3.05, 3.63) is 30.5 Å². The van der Waals surface area contributed by atoms with Gasteiger partial charge < -0.3 is 4.90 Å². The van der Waals surface area contributed by atoms with Crippen LogP contribution >= 0.6 is 15.9 Å². The lowest BCUT2D eigenvalue weighted by molar-refractivity contribution is 0.415. The first-order valence-electron chi connectivity index (χ1n) is 7.43. The number of aromatic nitrogens is 2. The van der Waals surface area contributed by atoms with Gasteiger partial charge >= 0.3 is 0 Å². The molecule has 1 saturated carbocycles. The Bertz CT molecular complexity index is 566. The van der Waals surface area contributed by atoms with Crippen molar-refractivity contribution >= 4 is 32.8 Å². The Hall–Kier alpha value is -1.16. The highest BCUT2D eigenvalue weighted by Crippen LogP contribution is 2.26. The summed E-state index contributed by atoms with van der Waals surface area (Å²) in [5.41, 5.74) is 1.04. The van der Waals surface area contributed by atoms with Crippen molar-refractivity contribution in [2.45, 2.75) is 38.1 Å². The first-order valence-corrected chi connectivity index (χ1v) is 8.55. The summed E-state index contributed by atoms with van der Waals surface area (Å²) in [6.07, 6.45) is 8.51. The number of hydrogen-bond donors (Lipinski definition) is 0. The zero-order chi connectivity index (χ0) is 13.8. The average molecular weight is 334 g/mol. The summed E-state index contributed by atoms with van der Waals surface area (Å²) < 4.78 is 0. The lowest BCUT2D eigenvalue weighted by atomic mass is 9.94. The second-order valence-electron chi connectivity index (χ2n) is 5.40. The molecule has 106 valence electrons. The van der Waals surface area contributed by atoms with Gasteiger partial charge in [-0.25, -0.2) is 9.97 Å². The summed E-state index contributed by atoms with van der Waals surface area (Å²) in [6, 6.07) is 8.79. The Balaban J connectivity index is 1.91. The molecule has 1 heterocycles. The Morgan fingerprint density at radius 1 is 1.15 bits per heavy atom. The topological polar surface area (TPSA) is 29.0 Å². The SMILES string of the molecule is BrCCN(c1ncc2ccccc2n1)C1CCCCC1. The van der Waals surface area contributed by atoms with Crippen LogP contribution in [0.3, 0.4) is 0 Å². The van der Waals surface area contributed by atoms with Gasteiger partial charge in [0.25, 0.3) is 0 Å². The normalized spacial score (nSPS) is 16.4. The minimum Gasteiger partial charge on any atom is -0.337 e. The Morgan fingerprint density at radius 3 is 2.75 bits per heavy atom. The van der Waals surface area contributed by atoms with E-state index in [0.717, 1.165) is 28.7 Å². The van der Waals surface area contributed by atoms with Crippen molar-refractivity contribution in [2.75, 3.05) is 16.8 Å². The molecular formula is C16H20BrN3. The highest BCUT2D eigenvalue weighted by Gasteiger charge is 2.22. The van der Waals surface area contributed by atoms with Crippen molar-refractivity contribution < 1.29 is 0 Å². The molecule has 3 nitrogen and oxygen atoms in total. The average Bonchev–Trinajstić information content (AvgIpc) is 2.53. The van der Waals surface area contributed by atoms with Gasteiger partial charge in [0.1, 0.15) is 0 Å². The second kappa shape index (κ2) is 6.53. The molecule has 0 saturated heterocycles. The number of fused-ring (bicyclic) bond motifs is 1. The van der Waals surface area contributed by atoms with Gasteiger partial charge in [-0.1, -0.05) is 53.4 Å². The van der Waals surface area contributed by atoms with Crippen LogP contribution in [0.2, 0.25) is 0 Å². The number of nitrogens with zero attached hydrogens (tertiary/aromatic N) is 3. The van der Waals surface area contributed by atoms with Crippen LogP contribution in [0.1, 0.15) is 32.1 Å². The number of anilines is 1. The molecule has 1 aliphatic carbocycles. The van der Waals surface area contributed by atoms with Crippen molar-refractivity contribution in [2.24, 2.45) is 0 Å². The largest absolute Gasteiger partial charge is 0.337 e. The van der Waals surface area contributed by atoms with Crippen LogP contribution in [0, 0.1) is 0 Å². The van der Waals surface area contributed by atoms with Crippen LogP contribution in [0.15, 0.2) is 30.5 Å². The quantitative estimate of drug-likeness (QED) is 0.786. The molecule has 20 heavy (non-hydrogen) atoms. The molecule has 2 aromatic rings. The van der Waals surface area contributed by atoms with Crippen LogP contribution in [-0.4, -0.2) is 27.9 Å². The molecule has 1 aliphatic rings. The van der Waals surface area contributed by atoms with E-state index in [4.69, 9.17) is 4.98 Å². The second-order valence-corrected chi connectivity index (χ2v) is 6.20. The predicted octanol–water partition coefficient (Wildman–Crippen LogP) is 4.16. The molecule has 0 N–H and O–H groups in total. The van der Waals surface area contributed by atoms with Gasteiger partial charge in [0.05, 0.1) is 5.52 Å². The van der Waals surface area contributed by atoms with Crippen LogP contribution in [0.25, 0.3) is 10.9 Å². The molecule has 1 fully saturated rings. The minimum atomic E-state index is 0.600. The van der Waals surface area contributed by atoms with Gasteiger partial charge in [0, 0.05) is 29.5 Å². The zero-order valence-electron chi connectivity index (χ0n) is 11.6. The Kier molecular flexibility index (Phi) is 4.51. The van der Waals surface area contributed by atoms with Gasteiger partial charge in [-0.3, -0.25) is 0 Å². The van der Waals surface area contributed by atoms with E-state index < -0.39 is 0 Å². The highest BCUT2D eigenvalue weighted by molar-refractivity contribution is 9.09. The molecule has 4 heteroatoms. The summed E-state index contributed by atoms with van der Waals surface area (Å²) >= 11 is 3.57. The van der Waals surface area contributed by atoms with Gasteiger partial charge in [0.2, 0.25) is 5.95 Å². The van der Waals surface area contributed by atoms with Crippen LogP contribution in [-0.2, 0) is 0 Å². The fourth-order valence-corrected chi connectivity index (χ4v) is 3.41. The van der Waals surface area contributed by atoms with Gasteiger partial charge in [-0.2, -0.15) is 0 Å². The van der Waals surface area contributed by atoms with Crippen LogP contribution in [0.4, 0.5) is 5.95 Å². The summed E-state index contributed by atoms with van der Waals surface area (Å²) in [5.74, 6) is 0.884. The molecule has 0 aliphatic heterocycles. The van der Waals surface area contributed by atoms with E-state index in [2.05, 4.69) is 37.9 Å². The number of para-hydroxylation sites is 1. The lowest BCUT2D eigenvalue weighted by Crippen LogP contribution is -2.39. The maximum absolute atomic E-state index is 4.76. The third-order valence-corrected chi connectivity index (χ3v) is 4.43. The van der Waals surface area contributed by atoms with E-state index in [1.165, 1.54) is 32.1 Å². The third kappa shape index (κ3) is 2.95. The van der Waals surface area contributed by atoms with Crippen LogP contribution < -0.4 is 4.90 Å². The summed E-state index contributed by atoms with van der Waals surface area (Å²) in [4.78, 5) is 11.7. The molecule has 0 radical (unpaired) electrons. The fourth-order valence-electron chi connectivity index (χ4n) is 3.03. The number of hydrogen-bond acceptors (Lipinski definition) is 3. The Morgan fingerprint density at radius 2 is 1.95 bits per heavy atom. The summed E-state index contributed by atoms with van der Waals surface area (Å²) in [7, 11) is 0. The molecular weight excluding hydrogens is 314 g/mol. The number of alkyl halides is 1. The van der Waals surface area contributed by atoms with E-state index in [9.17, 15) is 0 Å². The van der Waals surface area contributed by atoms with Crippen molar-refractivity contribution in [3.63, 3.8) is 0 Å². The van der Waals surface area contributed by atoms with E-state index in [1.807, 2.05) is 18.3 Å². The molecule has 1 aromatic carbocycles. The van der Waals surface area contributed by atoms with Gasteiger partial charge in [0.15, 0.2) is 0 Å². The molecule has 0 bridgehead atoms. The van der Waals surface area contributed by atoms with Crippen molar-refractivity contribution in [1.82, 2.24) is 9.97 Å². The molecule has 0 spiro atoms. The van der Waals surface area contributed by atoms with E-state index >= 15 is 0 Å². The maximum atomic E-state index is 4.76. The fraction of sp³-hybridized carbons (Fsp3) is 0.500. The predicted molar refractivity (Wildman–Crippen MR) is 87.6 cm³/mol. The zero-order valence-corrected chi connectivity index (χ0v) is 13.2. The molecule has 1 aromatic heterocycles. The van der Waals surface area contributed by atoms with Gasteiger partial charge in [-0.15, -0.1) is 0 Å². The summed E-state index contributed by atoms with van der Waals surface area (Å²) in [6.45, 7) is 0.975. The maximum Gasteiger partial charge on any atom is 0.226 e. The Labute approximate surface area is 128 Å². The first-order chi connectivity index (χ1) is 9.88. The number of halogens is 1. The van der Waals surface area contributed by atoms with Gasteiger partial charge in [-0.05, 0) is 18.9 Å². The summed E-state index contributed by atoms with van der Waals surface area (Å²) in [5, 5.41) is 2.07. The van der Waals surface area contributed by atoms with Crippen molar-refractivity contribution in [3.8, 4) is 0 Å². The molecule has 0 amide bonds. The lowest BCUT2D eigenvalue weighted by Gasteiger charge is -2.34. The molecule has 3 rings (SSSR count). The first kappa shape index (κ1) is 13.8. The smallest absolute Gasteiger partial charge is 0.226 e.